The first-order valence-corrected chi connectivity index (χ1v) is 13.9. The Labute approximate surface area is 250 Å². The molecule has 0 spiro atoms. The molecule has 39 heavy (non-hydrogen) atoms. The second kappa shape index (κ2) is 14.6. The molecule has 1 unspecified atom stereocenters. The van der Waals surface area contributed by atoms with Gasteiger partial charge in [0.1, 0.15) is 12.6 Å². The maximum atomic E-state index is 12.8. The lowest BCUT2D eigenvalue weighted by Crippen LogP contribution is -2.48. The molecule has 11 heteroatoms. The van der Waals surface area contributed by atoms with Gasteiger partial charge in [-0.05, 0) is 82.4 Å². The van der Waals surface area contributed by atoms with E-state index in [9.17, 15) is 9.59 Å². The van der Waals surface area contributed by atoms with E-state index in [1.165, 1.54) is 24.4 Å². The van der Waals surface area contributed by atoms with Crippen LogP contribution in [0.15, 0.2) is 64.2 Å². The Kier molecular flexibility index (Phi) is 11.5. The van der Waals surface area contributed by atoms with E-state index >= 15 is 0 Å². The standard InChI is InChI=1S/C28H27BrCl3N3O4/c1-4-38-24-12-18(11-21(29)26(24)39-15-17-5-8-20(30)9-6-17)14-33-35-28(37)25(16(2)3)34-27(36)19-7-10-22(31)23(32)13-19/h5-14,16,25H,4,15H2,1-3H3,(H,34,36)(H,35,37). The SMILES string of the molecule is CCOc1cc(C=NNC(=O)C(NC(=O)c2ccc(Cl)c(Cl)c2)C(C)C)cc(Br)c1OCc1ccc(Cl)cc1. The molecule has 0 radical (unpaired) electrons. The van der Waals surface area contributed by atoms with Crippen molar-refractivity contribution in [2.45, 2.75) is 33.4 Å². The highest BCUT2D eigenvalue weighted by Crippen LogP contribution is 2.37. The van der Waals surface area contributed by atoms with E-state index in [-0.39, 0.29) is 16.5 Å². The fourth-order valence-corrected chi connectivity index (χ4v) is 4.44. The molecule has 0 aliphatic rings. The van der Waals surface area contributed by atoms with Gasteiger partial charge in [-0.2, -0.15) is 5.10 Å². The number of hydrogen-bond acceptors (Lipinski definition) is 5. The third-order valence-electron chi connectivity index (χ3n) is 5.43. The summed E-state index contributed by atoms with van der Waals surface area (Å²) in [4.78, 5) is 25.5. The van der Waals surface area contributed by atoms with E-state index in [1.807, 2.05) is 32.9 Å². The molecular weight excluding hydrogens is 629 g/mol. The number of ether oxygens (including phenoxy) is 2. The Morgan fingerprint density at radius 1 is 1.00 bits per heavy atom. The third kappa shape index (κ3) is 8.86. The van der Waals surface area contributed by atoms with Crippen molar-refractivity contribution in [1.29, 1.82) is 0 Å². The summed E-state index contributed by atoms with van der Waals surface area (Å²) in [5.41, 5.74) is 4.40. The minimum atomic E-state index is -0.835. The molecule has 2 N–H and O–H groups in total. The molecule has 3 aromatic carbocycles. The second-order valence-electron chi connectivity index (χ2n) is 8.74. The van der Waals surface area contributed by atoms with Gasteiger partial charge in [0.05, 0.1) is 27.3 Å². The van der Waals surface area contributed by atoms with Crippen LogP contribution in [0.5, 0.6) is 11.5 Å². The van der Waals surface area contributed by atoms with Gasteiger partial charge < -0.3 is 14.8 Å². The van der Waals surface area contributed by atoms with Crippen molar-refractivity contribution in [3.63, 3.8) is 0 Å². The summed E-state index contributed by atoms with van der Waals surface area (Å²) in [6, 6.07) is 14.6. The number of carbonyl (C=O) groups excluding carboxylic acids is 2. The molecule has 0 saturated carbocycles. The van der Waals surface area contributed by atoms with E-state index in [2.05, 4.69) is 31.8 Å². The lowest BCUT2D eigenvalue weighted by Gasteiger charge is -2.20. The van der Waals surface area contributed by atoms with Crippen molar-refractivity contribution in [2.75, 3.05) is 6.61 Å². The predicted molar refractivity (Wildman–Crippen MR) is 159 cm³/mol. The highest BCUT2D eigenvalue weighted by atomic mass is 79.9. The largest absolute Gasteiger partial charge is 0.490 e. The van der Waals surface area contributed by atoms with Gasteiger partial charge in [0.25, 0.3) is 11.8 Å². The second-order valence-corrected chi connectivity index (χ2v) is 10.8. The summed E-state index contributed by atoms with van der Waals surface area (Å²) in [5, 5.41) is 8.04. The maximum absolute atomic E-state index is 12.8. The van der Waals surface area contributed by atoms with E-state index in [1.54, 1.807) is 24.3 Å². The number of nitrogens with zero attached hydrogens (tertiary/aromatic N) is 1. The summed E-state index contributed by atoms with van der Waals surface area (Å²) in [6.07, 6.45) is 1.48. The number of hydrazone groups is 1. The van der Waals surface area contributed by atoms with E-state index < -0.39 is 17.9 Å². The fraction of sp³-hybridized carbons (Fsp3) is 0.250. The van der Waals surface area contributed by atoms with Crippen LogP contribution in [0.4, 0.5) is 0 Å². The van der Waals surface area contributed by atoms with Crippen LogP contribution >= 0.6 is 50.7 Å². The molecule has 0 saturated heterocycles. The summed E-state index contributed by atoms with van der Waals surface area (Å²) in [6.45, 7) is 6.25. The minimum absolute atomic E-state index is 0.206. The van der Waals surface area contributed by atoms with Crippen LogP contribution in [0.1, 0.15) is 42.3 Å². The smallest absolute Gasteiger partial charge is 0.262 e. The molecular formula is C28H27BrCl3N3O4. The number of rotatable bonds is 11. The zero-order valence-corrected chi connectivity index (χ0v) is 25.3. The van der Waals surface area contributed by atoms with Crippen molar-refractivity contribution in [1.82, 2.24) is 10.7 Å². The molecule has 0 bridgehead atoms. The highest BCUT2D eigenvalue weighted by molar-refractivity contribution is 9.10. The Morgan fingerprint density at radius 3 is 2.36 bits per heavy atom. The van der Waals surface area contributed by atoms with Gasteiger partial charge in [-0.15, -0.1) is 0 Å². The Bertz CT molecular complexity index is 1350. The Morgan fingerprint density at radius 2 is 1.72 bits per heavy atom. The first-order valence-electron chi connectivity index (χ1n) is 12.0. The van der Waals surface area contributed by atoms with E-state index in [4.69, 9.17) is 44.3 Å². The van der Waals surface area contributed by atoms with Crippen molar-refractivity contribution in [2.24, 2.45) is 11.0 Å². The summed E-state index contributed by atoms with van der Waals surface area (Å²) in [5.74, 6) is -0.0734. The number of amides is 2. The van der Waals surface area contributed by atoms with Crippen LogP contribution in [-0.2, 0) is 11.4 Å². The van der Waals surface area contributed by atoms with Crippen LogP contribution in [0.25, 0.3) is 0 Å². The van der Waals surface area contributed by atoms with Gasteiger partial charge in [-0.1, -0.05) is 60.8 Å². The molecule has 3 rings (SSSR count). The maximum Gasteiger partial charge on any atom is 0.262 e. The van der Waals surface area contributed by atoms with Crippen molar-refractivity contribution >= 4 is 68.8 Å². The monoisotopic (exact) mass is 653 g/mol. The topological polar surface area (TPSA) is 89.0 Å². The number of hydrogen-bond donors (Lipinski definition) is 2. The molecule has 0 aromatic heterocycles. The van der Waals surface area contributed by atoms with Gasteiger partial charge in [-0.25, -0.2) is 5.43 Å². The fourth-order valence-electron chi connectivity index (χ4n) is 3.44. The predicted octanol–water partition coefficient (Wildman–Crippen LogP) is 7.29. The minimum Gasteiger partial charge on any atom is -0.490 e. The molecule has 0 aliphatic heterocycles. The Hall–Kier alpha value is -2.78. The van der Waals surface area contributed by atoms with Crippen molar-refractivity contribution < 1.29 is 19.1 Å². The van der Waals surface area contributed by atoms with Gasteiger partial charge >= 0.3 is 0 Å². The molecule has 0 fully saturated rings. The first kappa shape index (κ1) is 30.8. The van der Waals surface area contributed by atoms with E-state index in [0.29, 0.717) is 44.8 Å². The number of carbonyl (C=O) groups is 2. The lowest BCUT2D eigenvalue weighted by atomic mass is 10.0. The van der Waals surface area contributed by atoms with Crippen LogP contribution in [0.2, 0.25) is 15.1 Å². The zero-order valence-electron chi connectivity index (χ0n) is 21.4. The summed E-state index contributed by atoms with van der Waals surface area (Å²) < 4.78 is 12.4. The normalized spacial score (nSPS) is 11.9. The molecule has 0 heterocycles. The van der Waals surface area contributed by atoms with Crippen LogP contribution < -0.4 is 20.2 Å². The van der Waals surface area contributed by atoms with Gasteiger partial charge in [-0.3, -0.25) is 9.59 Å². The third-order valence-corrected chi connectivity index (χ3v) is 7.01. The van der Waals surface area contributed by atoms with Crippen LogP contribution in [-0.4, -0.2) is 30.7 Å². The molecule has 3 aromatic rings. The Balaban J connectivity index is 1.68. The summed E-state index contributed by atoms with van der Waals surface area (Å²) >= 11 is 21.4. The highest BCUT2D eigenvalue weighted by Gasteiger charge is 2.25. The van der Waals surface area contributed by atoms with Crippen LogP contribution in [0.3, 0.4) is 0 Å². The molecule has 0 aliphatic carbocycles. The molecule has 206 valence electrons. The molecule has 7 nitrogen and oxygen atoms in total. The zero-order chi connectivity index (χ0) is 28.5. The van der Waals surface area contributed by atoms with Crippen molar-refractivity contribution in [3.8, 4) is 11.5 Å². The van der Waals surface area contributed by atoms with Gasteiger partial charge in [0, 0.05) is 10.6 Å². The number of benzene rings is 3. The van der Waals surface area contributed by atoms with Crippen molar-refractivity contribution in [3.05, 3.63) is 90.8 Å². The lowest BCUT2D eigenvalue weighted by molar-refractivity contribution is -0.123. The van der Waals surface area contributed by atoms with Gasteiger partial charge in [0.15, 0.2) is 11.5 Å². The molecule has 1 atom stereocenters. The number of nitrogens with one attached hydrogen (secondary N) is 2. The first-order chi connectivity index (χ1) is 18.6. The quantitative estimate of drug-likeness (QED) is 0.168. The van der Waals surface area contributed by atoms with Gasteiger partial charge in [0.2, 0.25) is 0 Å². The average molecular weight is 656 g/mol. The number of halogens is 4. The summed E-state index contributed by atoms with van der Waals surface area (Å²) in [7, 11) is 0. The molecule has 2 amide bonds. The average Bonchev–Trinajstić information content (AvgIpc) is 2.89. The van der Waals surface area contributed by atoms with Crippen LogP contribution in [0, 0.1) is 5.92 Å². The van der Waals surface area contributed by atoms with E-state index in [0.717, 1.165) is 5.56 Å².